The zero-order valence-corrected chi connectivity index (χ0v) is 11.3. The van der Waals surface area contributed by atoms with Crippen LogP contribution in [0.5, 0.6) is 0 Å². The number of ether oxygens (including phenoxy) is 2. The Morgan fingerprint density at radius 1 is 1.15 bits per heavy atom. The largest absolute Gasteiger partial charge is 0.378 e. The van der Waals surface area contributed by atoms with Gasteiger partial charge in [-0.15, -0.1) is 0 Å². The van der Waals surface area contributed by atoms with Gasteiger partial charge in [0.2, 0.25) is 0 Å². The first-order valence-electron chi connectivity index (χ1n) is 7.17. The smallest absolute Gasteiger partial charge is 0.0875 e. The fourth-order valence-electron chi connectivity index (χ4n) is 3.21. The second kappa shape index (κ2) is 5.13. The highest BCUT2D eigenvalue weighted by molar-refractivity contribution is 5.81. The van der Waals surface area contributed by atoms with Crippen LogP contribution in [0.15, 0.2) is 36.5 Å². The molecule has 0 spiro atoms. The molecule has 2 saturated heterocycles. The van der Waals surface area contributed by atoms with Crippen LogP contribution in [0.1, 0.15) is 5.56 Å². The van der Waals surface area contributed by atoms with Gasteiger partial charge in [-0.3, -0.25) is 4.98 Å². The lowest BCUT2D eigenvalue weighted by Crippen LogP contribution is -2.36. The van der Waals surface area contributed by atoms with Gasteiger partial charge in [-0.2, -0.15) is 0 Å². The third kappa shape index (κ3) is 2.10. The van der Waals surface area contributed by atoms with Crippen LogP contribution in [-0.4, -0.2) is 37.0 Å². The zero-order chi connectivity index (χ0) is 13.4. The Morgan fingerprint density at radius 3 is 3.10 bits per heavy atom. The molecule has 1 N–H and O–H groups in total. The molecule has 1 aromatic carbocycles. The van der Waals surface area contributed by atoms with E-state index >= 15 is 0 Å². The highest BCUT2D eigenvalue weighted by Crippen LogP contribution is 2.27. The Morgan fingerprint density at radius 2 is 2.10 bits per heavy atom. The van der Waals surface area contributed by atoms with Crippen LogP contribution in [0.25, 0.3) is 10.9 Å². The molecule has 2 aliphatic rings. The maximum Gasteiger partial charge on any atom is 0.0875 e. The predicted molar refractivity (Wildman–Crippen MR) is 76.4 cm³/mol. The van der Waals surface area contributed by atoms with Crippen molar-refractivity contribution in [2.75, 3.05) is 19.8 Å². The summed E-state index contributed by atoms with van der Waals surface area (Å²) in [5.74, 6) is 0.498. The van der Waals surface area contributed by atoms with Crippen molar-refractivity contribution in [2.24, 2.45) is 5.92 Å². The highest BCUT2D eigenvalue weighted by Gasteiger charge is 2.41. The lowest BCUT2D eigenvalue weighted by atomic mass is 10.00. The molecule has 4 nitrogen and oxygen atoms in total. The molecule has 3 atom stereocenters. The molecule has 3 heterocycles. The molecule has 0 bridgehead atoms. The number of benzene rings is 1. The van der Waals surface area contributed by atoms with Crippen molar-refractivity contribution in [1.29, 1.82) is 0 Å². The van der Waals surface area contributed by atoms with Crippen molar-refractivity contribution >= 4 is 10.9 Å². The summed E-state index contributed by atoms with van der Waals surface area (Å²) < 4.78 is 11.2. The summed E-state index contributed by atoms with van der Waals surface area (Å²) in [5.41, 5.74) is 2.33. The van der Waals surface area contributed by atoms with E-state index < -0.39 is 0 Å². The summed E-state index contributed by atoms with van der Waals surface area (Å²) in [6, 6.07) is 10.8. The molecule has 104 valence electrons. The molecular formula is C16H18N2O2. The third-order valence-corrected chi connectivity index (χ3v) is 4.35. The summed E-state index contributed by atoms with van der Waals surface area (Å²) in [6.45, 7) is 3.18. The first-order valence-corrected chi connectivity index (χ1v) is 7.17. The number of aromatic nitrogens is 1. The third-order valence-electron chi connectivity index (χ3n) is 4.35. The average Bonchev–Trinajstić information content (AvgIpc) is 3.09. The van der Waals surface area contributed by atoms with Crippen LogP contribution in [0.3, 0.4) is 0 Å². The number of nitrogens with zero attached hydrogens (tertiary/aromatic N) is 1. The molecule has 2 fully saturated rings. The topological polar surface area (TPSA) is 43.4 Å². The number of hydrogen-bond acceptors (Lipinski definition) is 4. The van der Waals surface area contributed by atoms with Gasteiger partial charge in [0.05, 0.1) is 31.4 Å². The SMILES string of the molecule is c1cnc2c(CN[C@@H]3CO[C@H]4COC[C@H]43)cccc2c1. The van der Waals surface area contributed by atoms with E-state index in [4.69, 9.17) is 9.47 Å². The van der Waals surface area contributed by atoms with Crippen LogP contribution in [0.2, 0.25) is 0 Å². The van der Waals surface area contributed by atoms with Crippen LogP contribution in [0, 0.1) is 5.92 Å². The van der Waals surface area contributed by atoms with E-state index in [1.807, 2.05) is 12.3 Å². The number of hydrogen-bond donors (Lipinski definition) is 1. The van der Waals surface area contributed by atoms with Crippen molar-refractivity contribution in [2.45, 2.75) is 18.7 Å². The van der Waals surface area contributed by atoms with Gasteiger partial charge < -0.3 is 14.8 Å². The first-order chi connectivity index (χ1) is 9.92. The van der Waals surface area contributed by atoms with Crippen molar-refractivity contribution < 1.29 is 9.47 Å². The number of nitrogens with one attached hydrogen (secondary N) is 1. The van der Waals surface area contributed by atoms with Gasteiger partial charge in [0.25, 0.3) is 0 Å². The second-order valence-electron chi connectivity index (χ2n) is 5.55. The van der Waals surface area contributed by atoms with Crippen LogP contribution >= 0.6 is 0 Å². The highest BCUT2D eigenvalue weighted by atomic mass is 16.6. The molecular weight excluding hydrogens is 252 g/mol. The molecule has 2 aliphatic heterocycles. The fourth-order valence-corrected chi connectivity index (χ4v) is 3.21. The van der Waals surface area contributed by atoms with E-state index in [0.717, 1.165) is 31.9 Å². The number of para-hydroxylation sites is 1. The van der Waals surface area contributed by atoms with Gasteiger partial charge in [-0.1, -0.05) is 24.3 Å². The summed E-state index contributed by atoms with van der Waals surface area (Å²) in [5, 5.41) is 4.81. The van der Waals surface area contributed by atoms with Crippen LogP contribution < -0.4 is 5.32 Å². The summed E-state index contributed by atoms with van der Waals surface area (Å²) >= 11 is 0. The molecule has 0 radical (unpaired) electrons. The standard InChI is InChI=1S/C16H18N2O2/c1-3-11-5-2-6-17-16(11)12(4-1)7-18-14-9-20-15-10-19-8-13(14)15/h1-6,13-15,18H,7-10H2/t13-,14+,15-/m0/s1. The van der Waals surface area contributed by atoms with Crippen molar-refractivity contribution in [3.63, 3.8) is 0 Å². The fraction of sp³-hybridized carbons (Fsp3) is 0.438. The number of rotatable bonds is 3. The molecule has 0 saturated carbocycles. The Bertz CT molecular complexity index is 611. The molecule has 20 heavy (non-hydrogen) atoms. The Hall–Kier alpha value is -1.49. The minimum Gasteiger partial charge on any atom is -0.378 e. The normalized spacial score (nSPS) is 28.9. The Labute approximate surface area is 118 Å². The maximum atomic E-state index is 5.76. The Kier molecular flexibility index (Phi) is 3.14. The molecule has 4 rings (SSSR count). The number of fused-ring (bicyclic) bond motifs is 2. The van der Waals surface area contributed by atoms with E-state index in [0.29, 0.717) is 12.0 Å². The monoisotopic (exact) mass is 270 g/mol. The molecule has 2 aromatic rings. The van der Waals surface area contributed by atoms with E-state index in [2.05, 4.69) is 34.6 Å². The summed E-state index contributed by atoms with van der Waals surface area (Å²) in [6.07, 6.45) is 2.14. The lowest BCUT2D eigenvalue weighted by molar-refractivity contribution is 0.0671. The molecule has 1 aromatic heterocycles. The molecule has 0 unspecified atom stereocenters. The second-order valence-corrected chi connectivity index (χ2v) is 5.55. The van der Waals surface area contributed by atoms with Crippen LogP contribution in [-0.2, 0) is 16.0 Å². The van der Waals surface area contributed by atoms with E-state index in [9.17, 15) is 0 Å². The van der Waals surface area contributed by atoms with Crippen molar-refractivity contribution in [1.82, 2.24) is 10.3 Å². The van der Waals surface area contributed by atoms with E-state index in [1.165, 1.54) is 10.9 Å². The quantitative estimate of drug-likeness (QED) is 0.922. The first kappa shape index (κ1) is 12.3. The predicted octanol–water partition coefficient (Wildman–Crippen LogP) is 1.74. The van der Waals surface area contributed by atoms with Gasteiger partial charge in [0.1, 0.15) is 0 Å². The van der Waals surface area contributed by atoms with E-state index in [-0.39, 0.29) is 6.10 Å². The number of pyridine rings is 1. The zero-order valence-electron chi connectivity index (χ0n) is 11.3. The van der Waals surface area contributed by atoms with Crippen molar-refractivity contribution in [3.05, 3.63) is 42.1 Å². The van der Waals surface area contributed by atoms with Crippen LogP contribution in [0.4, 0.5) is 0 Å². The van der Waals surface area contributed by atoms with Gasteiger partial charge >= 0.3 is 0 Å². The van der Waals surface area contributed by atoms with Gasteiger partial charge in [-0.05, 0) is 11.6 Å². The molecule has 0 aliphatic carbocycles. The minimum absolute atomic E-state index is 0.290. The summed E-state index contributed by atoms with van der Waals surface area (Å²) in [7, 11) is 0. The molecule has 0 amide bonds. The average molecular weight is 270 g/mol. The summed E-state index contributed by atoms with van der Waals surface area (Å²) in [4.78, 5) is 4.50. The van der Waals surface area contributed by atoms with Gasteiger partial charge in [0, 0.05) is 30.1 Å². The lowest BCUT2D eigenvalue weighted by Gasteiger charge is -2.17. The van der Waals surface area contributed by atoms with Gasteiger partial charge in [0.15, 0.2) is 0 Å². The van der Waals surface area contributed by atoms with Gasteiger partial charge in [-0.25, -0.2) is 0 Å². The maximum absolute atomic E-state index is 5.76. The Balaban J connectivity index is 1.51. The molecule has 4 heteroatoms. The van der Waals surface area contributed by atoms with E-state index in [1.54, 1.807) is 0 Å². The van der Waals surface area contributed by atoms with Crippen molar-refractivity contribution in [3.8, 4) is 0 Å². The minimum atomic E-state index is 0.290.